The fraction of sp³-hybridized carbons (Fsp3) is 0.235. The van der Waals surface area contributed by atoms with Crippen LogP contribution < -0.4 is 15.4 Å². The molecule has 0 aliphatic rings. The summed E-state index contributed by atoms with van der Waals surface area (Å²) >= 11 is 11.7. The number of amides is 2. The first kappa shape index (κ1) is 19.0. The second-order valence-corrected chi connectivity index (χ2v) is 5.91. The van der Waals surface area contributed by atoms with Crippen molar-refractivity contribution in [2.75, 3.05) is 19.7 Å². The molecule has 0 saturated carbocycles. The molecular formula is C17H17Cl2N3O3. The van der Waals surface area contributed by atoms with E-state index in [4.69, 9.17) is 27.9 Å². The molecule has 0 radical (unpaired) electrons. The van der Waals surface area contributed by atoms with Crippen LogP contribution in [0.3, 0.4) is 0 Å². The van der Waals surface area contributed by atoms with Gasteiger partial charge in [-0.25, -0.2) is 0 Å². The minimum Gasteiger partial charge on any atom is -0.482 e. The van der Waals surface area contributed by atoms with E-state index in [9.17, 15) is 9.59 Å². The molecule has 2 amide bonds. The van der Waals surface area contributed by atoms with Crippen LogP contribution in [0.4, 0.5) is 0 Å². The molecule has 0 saturated heterocycles. The molecule has 0 spiro atoms. The van der Waals surface area contributed by atoms with Crippen molar-refractivity contribution in [2.45, 2.75) is 6.42 Å². The van der Waals surface area contributed by atoms with Gasteiger partial charge in [0.2, 0.25) is 0 Å². The molecule has 6 nitrogen and oxygen atoms in total. The lowest BCUT2D eigenvalue weighted by Gasteiger charge is -2.09. The Morgan fingerprint density at radius 2 is 1.92 bits per heavy atom. The molecule has 1 aromatic carbocycles. The van der Waals surface area contributed by atoms with Crippen LogP contribution in [0.5, 0.6) is 5.75 Å². The number of ether oxygens (including phenoxy) is 1. The molecule has 25 heavy (non-hydrogen) atoms. The molecule has 0 fully saturated rings. The Balaban J connectivity index is 1.60. The number of halogens is 2. The van der Waals surface area contributed by atoms with E-state index in [0.717, 1.165) is 0 Å². The smallest absolute Gasteiger partial charge is 0.257 e. The average Bonchev–Trinajstić information content (AvgIpc) is 2.61. The van der Waals surface area contributed by atoms with E-state index < -0.39 is 0 Å². The van der Waals surface area contributed by atoms with E-state index in [1.54, 1.807) is 36.5 Å². The number of nitrogens with one attached hydrogen (secondary N) is 2. The Bertz CT molecular complexity index is 726. The molecule has 0 bridgehead atoms. The first-order valence-electron chi connectivity index (χ1n) is 7.59. The third kappa shape index (κ3) is 6.60. The summed E-state index contributed by atoms with van der Waals surface area (Å²) in [6, 6.07) is 8.16. The second-order valence-electron chi connectivity index (χ2n) is 5.06. The first-order chi connectivity index (χ1) is 12.1. The van der Waals surface area contributed by atoms with Crippen LogP contribution >= 0.6 is 23.2 Å². The molecule has 0 unspecified atom stereocenters. The van der Waals surface area contributed by atoms with Gasteiger partial charge in [-0.15, -0.1) is 0 Å². The Hall–Kier alpha value is -2.31. The number of hydrogen-bond acceptors (Lipinski definition) is 4. The highest BCUT2D eigenvalue weighted by molar-refractivity contribution is 6.35. The lowest BCUT2D eigenvalue weighted by Crippen LogP contribution is -2.32. The number of hydrogen-bond donors (Lipinski definition) is 2. The van der Waals surface area contributed by atoms with Gasteiger partial charge in [0.25, 0.3) is 11.8 Å². The molecule has 132 valence electrons. The summed E-state index contributed by atoms with van der Waals surface area (Å²) in [6.45, 7) is 0.713. The Morgan fingerprint density at radius 3 is 2.64 bits per heavy atom. The molecule has 1 aromatic heterocycles. The first-order valence-corrected chi connectivity index (χ1v) is 8.34. The standard InChI is InChI=1S/C17H17Cl2N3O3/c18-13-4-5-15(14(19)9-13)25-11-16(23)21-7-2-8-22-17(24)12-3-1-6-20-10-12/h1,3-6,9-10H,2,7-8,11H2,(H,21,23)(H,22,24). The number of rotatable bonds is 8. The van der Waals surface area contributed by atoms with Crippen molar-refractivity contribution in [2.24, 2.45) is 0 Å². The minimum atomic E-state index is -0.274. The number of carbonyl (C=O) groups is 2. The summed E-state index contributed by atoms with van der Waals surface area (Å²) in [6.07, 6.45) is 3.70. The van der Waals surface area contributed by atoms with Gasteiger partial charge in [-0.05, 0) is 36.8 Å². The van der Waals surface area contributed by atoms with Gasteiger partial charge in [0.05, 0.1) is 10.6 Å². The van der Waals surface area contributed by atoms with E-state index in [0.29, 0.717) is 40.9 Å². The molecule has 0 aliphatic carbocycles. The third-order valence-corrected chi connectivity index (χ3v) is 3.67. The zero-order valence-corrected chi connectivity index (χ0v) is 14.8. The van der Waals surface area contributed by atoms with Gasteiger partial charge in [0.1, 0.15) is 5.75 Å². The highest BCUT2D eigenvalue weighted by Crippen LogP contribution is 2.27. The summed E-state index contributed by atoms with van der Waals surface area (Å²) < 4.78 is 5.33. The van der Waals surface area contributed by atoms with Gasteiger partial charge in [-0.1, -0.05) is 23.2 Å². The highest BCUT2D eigenvalue weighted by atomic mass is 35.5. The van der Waals surface area contributed by atoms with Gasteiger partial charge < -0.3 is 15.4 Å². The quantitative estimate of drug-likeness (QED) is 0.688. The molecular weight excluding hydrogens is 365 g/mol. The van der Waals surface area contributed by atoms with Crippen LogP contribution in [0.15, 0.2) is 42.7 Å². The van der Waals surface area contributed by atoms with Gasteiger partial charge >= 0.3 is 0 Å². The van der Waals surface area contributed by atoms with Crippen molar-refractivity contribution in [3.05, 3.63) is 58.3 Å². The van der Waals surface area contributed by atoms with E-state index in [1.165, 1.54) is 6.20 Å². The van der Waals surface area contributed by atoms with Crippen molar-refractivity contribution < 1.29 is 14.3 Å². The largest absolute Gasteiger partial charge is 0.482 e. The van der Waals surface area contributed by atoms with E-state index >= 15 is 0 Å². The van der Waals surface area contributed by atoms with Crippen LogP contribution in [0.25, 0.3) is 0 Å². The van der Waals surface area contributed by atoms with Gasteiger partial charge in [-0.3, -0.25) is 14.6 Å². The number of carbonyl (C=O) groups excluding carboxylic acids is 2. The van der Waals surface area contributed by atoms with Crippen LogP contribution in [-0.4, -0.2) is 36.5 Å². The van der Waals surface area contributed by atoms with Crippen molar-refractivity contribution in [3.8, 4) is 5.75 Å². The summed E-state index contributed by atoms with van der Waals surface area (Å²) in [5.74, 6) is -0.0744. The lowest BCUT2D eigenvalue weighted by atomic mass is 10.2. The number of pyridine rings is 1. The van der Waals surface area contributed by atoms with E-state index in [2.05, 4.69) is 15.6 Å². The second kappa shape index (κ2) is 9.86. The number of nitrogens with zero attached hydrogens (tertiary/aromatic N) is 1. The van der Waals surface area contributed by atoms with Crippen molar-refractivity contribution >= 4 is 35.0 Å². The topological polar surface area (TPSA) is 80.3 Å². The monoisotopic (exact) mass is 381 g/mol. The molecule has 1 heterocycles. The zero-order chi connectivity index (χ0) is 18.1. The van der Waals surface area contributed by atoms with Gasteiger partial charge in [-0.2, -0.15) is 0 Å². The zero-order valence-electron chi connectivity index (χ0n) is 13.3. The van der Waals surface area contributed by atoms with Crippen LogP contribution in [0.2, 0.25) is 10.0 Å². The molecule has 0 aliphatic heterocycles. The van der Waals surface area contributed by atoms with E-state index in [-0.39, 0.29) is 18.4 Å². The average molecular weight is 382 g/mol. The Kier molecular flexibility index (Phi) is 7.50. The highest BCUT2D eigenvalue weighted by Gasteiger charge is 2.07. The SMILES string of the molecule is O=C(COc1ccc(Cl)cc1Cl)NCCCNC(=O)c1cccnc1. The molecule has 0 atom stereocenters. The normalized spacial score (nSPS) is 10.2. The maximum atomic E-state index is 11.8. The van der Waals surface area contributed by atoms with E-state index in [1.807, 2.05) is 0 Å². The predicted molar refractivity (Wildman–Crippen MR) is 96.2 cm³/mol. The fourth-order valence-electron chi connectivity index (χ4n) is 1.90. The van der Waals surface area contributed by atoms with Crippen LogP contribution in [0.1, 0.15) is 16.8 Å². The number of benzene rings is 1. The summed E-state index contributed by atoms with van der Waals surface area (Å²) in [5, 5.41) is 6.29. The molecule has 8 heteroatoms. The van der Waals surface area contributed by atoms with Crippen molar-refractivity contribution in [1.29, 1.82) is 0 Å². The van der Waals surface area contributed by atoms with Crippen LogP contribution in [-0.2, 0) is 4.79 Å². The molecule has 2 N–H and O–H groups in total. The summed E-state index contributed by atoms with van der Waals surface area (Å²) in [5.41, 5.74) is 0.500. The summed E-state index contributed by atoms with van der Waals surface area (Å²) in [4.78, 5) is 27.4. The molecule has 2 aromatic rings. The van der Waals surface area contributed by atoms with Crippen LogP contribution in [0, 0.1) is 0 Å². The van der Waals surface area contributed by atoms with Gasteiger partial charge in [0, 0.05) is 30.5 Å². The van der Waals surface area contributed by atoms with Gasteiger partial charge in [0.15, 0.2) is 6.61 Å². The van der Waals surface area contributed by atoms with Crippen molar-refractivity contribution in [3.63, 3.8) is 0 Å². The maximum absolute atomic E-state index is 11.8. The third-order valence-electron chi connectivity index (χ3n) is 3.14. The maximum Gasteiger partial charge on any atom is 0.257 e. The Labute approximate surface area is 155 Å². The minimum absolute atomic E-state index is 0.149. The molecule has 2 rings (SSSR count). The Morgan fingerprint density at radius 1 is 1.12 bits per heavy atom. The lowest BCUT2D eigenvalue weighted by molar-refractivity contribution is -0.123. The fourth-order valence-corrected chi connectivity index (χ4v) is 2.37. The summed E-state index contributed by atoms with van der Waals surface area (Å²) in [7, 11) is 0. The van der Waals surface area contributed by atoms with Crippen molar-refractivity contribution in [1.82, 2.24) is 15.6 Å². The number of aromatic nitrogens is 1. The predicted octanol–water partition coefficient (Wildman–Crippen LogP) is 2.70.